The van der Waals surface area contributed by atoms with Crippen LogP contribution in [0.15, 0.2) is 24.3 Å². The van der Waals surface area contributed by atoms with E-state index in [0.717, 1.165) is 5.01 Å². The smallest absolute Gasteiger partial charge is 0.426 e. The average molecular weight is 350 g/mol. The fourth-order valence-corrected chi connectivity index (χ4v) is 1.99. The van der Waals surface area contributed by atoms with Crippen LogP contribution in [0, 0.1) is 0 Å². The second-order valence-corrected chi connectivity index (χ2v) is 7.46. The van der Waals surface area contributed by atoms with Gasteiger partial charge < -0.3 is 9.47 Å². The molecule has 0 aliphatic rings. The van der Waals surface area contributed by atoms with Gasteiger partial charge in [0.15, 0.2) is 0 Å². The summed E-state index contributed by atoms with van der Waals surface area (Å²) in [4.78, 5) is 37.0. The second-order valence-electron chi connectivity index (χ2n) is 7.46. The summed E-state index contributed by atoms with van der Waals surface area (Å²) in [6.45, 7) is 10.4. The highest BCUT2D eigenvalue weighted by Crippen LogP contribution is 2.19. The minimum absolute atomic E-state index is 0.121. The summed E-state index contributed by atoms with van der Waals surface area (Å²) in [5, 5.41) is 1.14. The third-order valence-corrected chi connectivity index (χ3v) is 3.04. The van der Waals surface area contributed by atoms with Gasteiger partial charge in [0, 0.05) is 0 Å². The molecular formula is C18H26N2O5. The lowest BCUT2D eigenvalue weighted by molar-refractivity contribution is 0.0117. The number of nitrogens with one attached hydrogen (secondary N) is 1. The number of methoxy groups -OCH3 is 1. The zero-order valence-electron chi connectivity index (χ0n) is 15.8. The fraction of sp³-hybridized carbons (Fsp3) is 0.500. The van der Waals surface area contributed by atoms with Gasteiger partial charge in [-0.25, -0.2) is 20.0 Å². The Labute approximate surface area is 148 Å². The van der Waals surface area contributed by atoms with E-state index in [1.54, 1.807) is 53.7 Å². The van der Waals surface area contributed by atoms with E-state index in [1.165, 1.54) is 19.2 Å². The normalized spacial score (nSPS) is 11.5. The maximum atomic E-state index is 13.0. The Kier molecular flexibility index (Phi) is 6.18. The van der Waals surface area contributed by atoms with Crippen molar-refractivity contribution in [2.75, 3.05) is 7.11 Å². The molecule has 25 heavy (non-hydrogen) atoms. The molecule has 0 saturated heterocycles. The van der Waals surface area contributed by atoms with Gasteiger partial charge in [0.05, 0.1) is 23.8 Å². The van der Waals surface area contributed by atoms with Gasteiger partial charge in [-0.3, -0.25) is 4.79 Å². The first-order valence-electron chi connectivity index (χ1n) is 7.88. The van der Waals surface area contributed by atoms with Crippen LogP contribution in [-0.2, 0) is 9.47 Å². The number of rotatable bonds is 2. The monoisotopic (exact) mass is 350 g/mol. The molecule has 138 valence electrons. The molecule has 0 unspecified atom stereocenters. The largest absolute Gasteiger partial charge is 0.465 e. The minimum atomic E-state index is -0.758. The molecule has 0 atom stereocenters. The Morgan fingerprint density at radius 3 is 1.92 bits per heavy atom. The van der Waals surface area contributed by atoms with Crippen LogP contribution in [0.2, 0.25) is 0 Å². The standard InChI is InChI=1S/C18H26N2O5/c1-17(2,3)20(19-16(23)25-18(4,5)6)14(21)12-10-8-9-11-13(12)15(22)24-7/h8-11H,1-7H3,(H,19,23). The van der Waals surface area contributed by atoms with Crippen LogP contribution in [-0.4, -0.2) is 41.2 Å². The van der Waals surface area contributed by atoms with Crippen LogP contribution in [0.1, 0.15) is 62.3 Å². The molecule has 2 amide bonds. The first kappa shape index (κ1) is 20.5. The van der Waals surface area contributed by atoms with Gasteiger partial charge in [0.2, 0.25) is 0 Å². The van der Waals surface area contributed by atoms with Crippen molar-refractivity contribution in [2.24, 2.45) is 0 Å². The molecular weight excluding hydrogens is 324 g/mol. The van der Waals surface area contributed by atoms with E-state index in [-0.39, 0.29) is 11.1 Å². The first-order chi connectivity index (χ1) is 11.4. The van der Waals surface area contributed by atoms with Gasteiger partial charge in [-0.05, 0) is 53.7 Å². The lowest BCUT2D eigenvalue weighted by Gasteiger charge is -2.36. The zero-order chi connectivity index (χ0) is 19.4. The second kappa shape index (κ2) is 7.55. The van der Waals surface area contributed by atoms with Crippen LogP contribution in [0.3, 0.4) is 0 Å². The van der Waals surface area contributed by atoms with Crippen LogP contribution >= 0.6 is 0 Å². The zero-order valence-corrected chi connectivity index (χ0v) is 15.8. The summed E-state index contributed by atoms with van der Waals surface area (Å²) in [5.41, 5.74) is 1.25. The molecule has 0 heterocycles. The molecule has 1 aromatic rings. The molecule has 0 aliphatic heterocycles. The van der Waals surface area contributed by atoms with Crippen LogP contribution in [0.25, 0.3) is 0 Å². The molecule has 0 radical (unpaired) electrons. The van der Waals surface area contributed by atoms with E-state index < -0.39 is 29.1 Å². The van der Waals surface area contributed by atoms with Gasteiger partial charge in [0.1, 0.15) is 5.60 Å². The number of hydrogen-bond donors (Lipinski definition) is 1. The van der Waals surface area contributed by atoms with Gasteiger partial charge in [-0.1, -0.05) is 12.1 Å². The highest BCUT2D eigenvalue weighted by molar-refractivity contribution is 6.05. The van der Waals surface area contributed by atoms with Crippen LogP contribution in [0.5, 0.6) is 0 Å². The number of esters is 1. The predicted octanol–water partition coefficient (Wildman–Crippen LogP) is 3.15. The van der Waals surface area contributed by atoms with Gasteiger partial charge in [-0.15, -0.1) is 0 Å². The van der Waals surface area contributed by atoms with Gasteiger partial charge >= 0.3 is 12.1 Å². The Hall–Kier alpha value is -2.57. The summed E-state index contributed by atoms with van der Waals surface area (Å²) in [6, 6.07) is 6.26. The summed E-state index contributed by atoms with van der Waals surface area (Å²) >= 11 is 0. The maximum absolute atomic E-state index is 13.0. The molecule has 0 aliphatic carbocycles. The molecule has 1 N–H and O–H groups in total. The third kappa shape index (κ3) is 5.77. The summed E-state index contributed by atoms with van der Waals surface area (Å²) in [5.74, 6) is -1.17. The number of carbonyl (C=O) groups is 3. The molecule has 1 aromatic carbocycles. The number of hydrazine groups is 1. The minimum Gasteiger partial charge on any atom is -0.465 e. The van der Waals surface area contributed by atoms with E-state index in [1.807, 2.05) is 0 Å². The lowest BCUT2D eigenvalue weighted by Crippen LogP contribution is -2.56. The van der Waals surface area contributed by atoms with E-state index in [9.17, 15) is 14.4 Å². The van der Waals surface area contributed by atoms with Crippen molar-refractivity contribution in [3.05, 3.63) is 35.4 Å². The van der Waals surface area contributed by atoms with E-state index >= 15 is 0 Å². The quantitative estimate of drug-likeness (QED) is 0.654. The fourth-order valence-electron chi connectivity index (χ4n) is 1.99. The van der Waals surface area contributed by atoms with Gasteiger partial charge in [-0.2, -0.15) is 0 Å². The van der Waals surface area contributed by atoms with Crippen LogP contribution < -0.4 is 5.43 Å². The highest BCUT2D eigenvalue weighted by atomic mass is 16.6. The Bertz CT molecular complexity index is 656. The number of hydrogen-bond acceptors (Lipinski definition) is 5. The van der Waals surface area contributed by atoms with Crippen LogP contribution in [0.4, 0.5) is 4.79 Å². The number of nitrogens with zero attached hydrogens (tertiary/aromatic N) is 1. The summed E-state index contributed by atoms with van der Waals surface area (Å²) in [7, 11) is 1.24. The molecule has 7 heteroatoms. The number of benzene rings is 1. The average Bonchev–Trinajstić information content (AvgIpc) is 2.48. The third-order valence-electron chi connectivity index (χ3n) is 3.04. The SMILES string of the molecule is COC(=O)c1ccccc1C(=O)N(NC(=O)OC(C)(C)C)C(C)(C)C. The van der Waals surface area contributed by atoms with Crippen molar-refractivity contribution < 1.29 is 23.9 Å². The Morgan fingerprint density at radius 2 is 1.48 bits per heavy atom. The van der Waals surface area contributed by atoms with E-state index in [4.69, 9.17) is 9.47 Å². The summed E-state index contributed by atoms with van der Waals surface area (Å²) in [6.07, 6.45) is -0.758. The van der Waals surface area contributed by atoms with Crippen molar-refractivity contribution in [1.82, 2.24) is 10.4 Å². The molecule has 0 fully saturated rings. The van der Waals surface area contributed by atoms with Gasteiger partial charge in [0.25, 0.3) is 5.91 Å². The molecule has 1 rings (SSSR count). The molecule has 0 saturated carbocycles. The molecule has 7 nitrogen and oxygen atoms in total. The topological polar surface area (TPSA) is 84.9 Å². The van der Waals surface area contributed by atoms with E-state index in [2.05, 4.69) is 5.43 Å². The molecule has 0 spiro atoms. The van der Waals surface area contributed by atoms with E-state index in [0.29, 0.717) is 0 Å². The van der Waals surface area contributed by atoms with Crippen molar-refractivity contribution in [2.45, 2.75) is 52.7 Å². The Morgan fingerprint density at radius 1 is 0.960 bits per heavy atom. The highest BCUT2D eigenvalue weighted by Gasteiger charge is 2.32. The van der Waals surface area contributed by atoms with Crippen molar-refractivity contribution in [3.63, 3.8) is 0 Å². The lowest BCUT2D eigenvalue weighted by atomic mass is 10.0. The molecule has 0 aromatic heterocycles. The first-order valence-corrected chi connectivity index (χ1v) is 7.88. The summed E-state index contributed by atoms with van der Waals surface area (Å²) < 4.78 is 9.93. The Balaban J connectivity index is 3.20. The number of amides is 2. The number of carbonyl (C=O) groups excluding carboxylic acids is 3. The maximum Gasteiger partial charge on any atom is 0.426 e. The van der Waals surface area contributed by atoms with Crippen molar-refractivity contribution in [1.29, 1.82) is 0 Å². The molecule has 0 bridgehead atoms. The number of ether oxygens (including phenoxy) is 2. The predicted molar refractivity (Wildman–Crippen MR) is 93.1 cm³/mol. The van der Waals surface area contributed by atoms with Crippen molar-refractivity contribution in [3.8, 4) is 0 Å². The van der Waals surface area contributed by atoms with Crippen molar-refractivity contribution >= 4 is 18.0 Å².